The molecule has 0 N–H and O–H groups in total. The molecule has 112 valence electrons. The number of carbonyl (C=O) groups excluding carboxylic acids is 2. The van der Waals surface area contributed by atoms with Crippen LogP contribution in [0, 0.1) is 6.92 Å². The second kappa shape index (κ2) is 5.72. The van der Waals surface area contributed by atoms with Gasteiger partial charge in [0.15, 0.2) is 0 Å². The van der Waals surface area contributed by atoms with E-state index >= 15 is 0 Å². The minimum Gasteiger partial charge on any atom is -0.443 e. The van der Waals surface area contributed by atoms with Gasteiger partial charge in [0, 0.05) is 0 Å². The van der Waals surface area contributed by atoms with Crippen LogP contribution in [-0.4, -0.2) is 28.5 Å². The minimum atomic E-state index is -0.599. The predicted octanol–water partition coefficient (Wildman–Crippen LogP) is 3.54. The highest BCUT2D eigenvalue weighted by molar-refractivity contribution is 5.98. The fourth-order valence-electron chi connectivity index (χ4n) is 2.14. The number of β-lactam (4-membered cyclic amide) rings is 1. The number of likely N-dealkylation sites (tertiary alicyclic amines) is 1. The molecule has 1 aliphatic heterocycles. The molecular formula is C17H21NO3. The molecule has 0 spiro atoms. The number of nitrogens with zero attached hydrogens (tertiary/aromatic N) is 1. The summed E-state index contributed by atoms with van der Waals surface area (Å²) in [4.78, 5) is 24.8. The van der Waals surface area contributed by atoms with Gasteiger partial charge in [0.2, 0.25) is 5.91 Å². The maximum Gasteiger partial charge on any atom is 0.417 e. The molecule has 1 atom stereocenters. The lowest BCUT2D eigenvalue weighted by Gasteiger charge is -2.37. The van der Waals surface area contributed by atoms with Crippen LogP contribution in [0.4, 0.5) is 4.79 Å². The molecule has 0 aromatic heterocycles. The number of rotatable bonds is 2. The molecule has 1 saturated heterocycles. The topological polar surface area (TPSA) is 46.6 Å². The highest BCUT2D eigenvalue weighted by Gasteiger charge is 2.41. The Kier molecular flexibility index (Phi) is 4.16. The van der Waals surface area contributed by atoms with Gasteiger partial charge in [0.05, 0.1) is 12.5 Å². The molecule has 0 radical (unpaired) electrons. The van der Waals surface area contributed by atoms with Gasteiger partial charge >= 0.3 is 6.09 Å². The maximum atomic E-state index is 12.0. The zero-order chi connectivity index (χ0) is 15.6. The van der Waals surface area contributed by atoms with E-state index in [4.69, 9.17) is 4.74 Å². The molecule has 0 saturated carbocycles. The Labute approximate surface area is 125 Å². The Balaban J connectivity index is 2.04. The van der Waals surface area contributed by atoms with E-state index in [0.717, 1.165) is 5.56 Å². The van der Waals surface area contributed by atoms with E-state index in [1.807, 2.05) is 37.3 Å². The molecule has 1 unspecified atom stereocenters. The van der Waals surface area contributed by atoms with Gasteiger partial charge in [-0.05, 0) is 33.3 Å². The summed E-state index contributed by atoms with van der Waals surface area (Å²) in [7, 11) is 0. The van der Waals surface area contributed by atoms with Crippen molar-refractivity contribution in [1.29, 1.82) is 0 Å². The second-order valence-corrected chi connectivity index (χ2v) is 6.29. The first-order valence-electron chi connectivity index (χ1n) is 7.06. The summed E-state index contributed by atoms with van der Waals surface area (Å²) in [6.45, 7) is 7.38. The molecular weight excluding hydrogens is 266 g/mol. The molecule has 1 fully saturated rings. The average molecular weight is 287 g/mol. The maximum absolute atomic E-state index is 12.0. The molecule has 0 bridgehead atoms. The molecule has 0 aliphatic carbocycles. The number of imide groups is 1. The van der Waals surface area contributed by atoms with Crippen molar-refractivity contribution in [2.45, 2.75) is 45.8 Å². The quantitative estimate of drug-likeness (QED) is 0.782. The lowest BCUT2D eigenvalue weighted by molar-refractivity contribution is -0.141. The van der Waals surface area contributed by atoms with E-state index in [9.17, 15) is 9.59 Å². The zero-order valence-electron chi connectivity index (χ0n) is 12.9. The molecule has 1 aliphatic rings. The Hall–Kier alpha value is -2.10. The summed E-state index contributed by atoms with van der Waals surface area (Å²) in [5, 5.41) is 0. The van der Waals surface area contributed by atoms with Crippen molar-refractivity contribution < 1.29 is 14.3 Å². The third-order valence-corrected chi connectivity index (χ3v) is 3.13. The van der Waals surface area contributed by atoms with Gasteiger partial charge in [0.25, 0.3) is 0 Å². The molecule has 4 nitrogen and oxygen atoms in total. The van der Waals surface area contributed by atoms with Gasteiger partial charge in [-0.25, -0.2) is 9.69 Å². The standard InChI is InChI=1S/C17H21NO3/c1-12-6-5-7-13(10-12)8-9-14-11-15(19)18(14)16(20)21-17(2,3)4/h5-10,14H,11H2,1-4H3. The van der Waals surface area contributed by atoms with Gasteiger partial charge in [-0.3, -0.25) is 4.79 Å². The molecule has 4 heteroatoms. The summed E-state index contributed by atoms with van der Waals surface area (Å²) in [5.74, 6) is -0.192. The van der Waals surface area contributed by atoms with Crippen molar-refractivity contribution in [2.75, 3.05) is 0 Å². The monoisotopic (exact) mass is 287 g/mol. The van der Waals surface area contributed by atoms with Crippen LogP contribution in [0.3, 0.4) is 0 Å². The Morgan fingerprint density at radius 1 is 1.38 bits per heavy atom. The van der Waals surface area contributed by atoms with Crippen LogP contribution >= 0.6 is 0 Å². The molecule has 1 aromatic carbocycles. The van der Waals surface area contributed by atoms with E-state index in [2.05, 4.69) is 6.07 Å². The zero-order valence-corrected chi connectivity index (χ0v) is 12.9. The third-order valence-electron chi connectivity index (χ3n) is 3.13. The molecule has 21 heavy (non-hydrogen) atoms. The van der Waals surface area contributed by atoms with E-state index < -0.39 is 11.7 Å². The smallest absolute Gasteiger partial charge is 0.417 e. The van der Waals surface area contributed by atoms with E-state index in [1.165, 1.54) is 10.5 Å². The Morgan fingerprint density at radius 3 is 2.67 bits per heavy atom. The number of hydrogen-bond acceptors (Lipinski definition) is 3. The fraction of sp³-hybridized carbons (Fsp3) is 0.412. The number of amides is 2. The fourth-order valence-corrected chi connectivity index (χ4v) is 2.14. The summed E-state index contributed by atoms with van der Waals surface area (Å²) in [5.41, 5.74) is 1.63. The van der Waals surface area contributed by atoms with Crippen LogP contribution < -0.4 is 0 Å². The lowest BCUT2D eigenvalue weighted by Crippen LogP contribution is -2.55. The van der Waals surface area contributed by atoms with Crippen LogP contribution in [0.15, 0.2) is 30.3 Å². The summed E-state index contributed by atoms with van der Waals surface area (Å²) < 4.78 is 5.25. The van der Waals surface area contributed by atoms with Gasteiger partial charge in [0.1, 0.15) is 5.60 Å². The van der Waals surface area contributed by atoms with Crippen molar-refractivity contribution in [1.82, 2.24) is 4.90 Å². The van der Waals surface area contributed by atoms with Crippen LogP contribution in [0.2, 0.25) is 0 Å². The largest absolute Gasteiger partial charge is 0.443 e. The molecule has 2 rings (SSSR count). The van der Waals surface area contributed by atoms with Gasteiger partial charge in [-0.15, -0.1) is 0 Å². The van der Waals surface area contributed by atoms with Crippen LogP contribution in [0.5, 0.6) is 0 Å². The van der Waals surface area contributed by atoms with Crippen LogP contribution in [0.1, 0.15) is 38.3 Å². The van der Waals surface area contributed by atoms with E-state index in [1.54, 1.807) is 20.8 Å². The van der Waals surface area contributed by atoms with Crippen molar-refractivity contribution in [3.63, 3.8) is 0 Å². The van der Waals surface area contributed by atoms with Gasteiger partial charge in [-0.1, -0.05) is 42.0 Å². The number of carbonyl (C=O) groups is 2. The molecule has 1 aromatic rings. The van der Waals surface area contributed by atoms with Crippen LogP contribution in [0.25, 0.3) is 6.08 Å². The van der Waals surface area contributed by atoms with Crippen molar-refractivity contribution in [3.05, 3.63) is 41.5 Å². The summed E-state index contributed by atoms with van der Waals surface area (Å²) >= 11 is 0. The first-order valence-corrected chi connectivity index (χ1v) is 7.06. The Bertz CT molecular complexity index is 584. The highest BCUT2D eigenvalue weighted by atomic mass is 16.6. The highest BCUT2D eigenvalue weighted by Crippen LogP contribution is 2.24. The van der Waals surface area contributed by atoms with Crippen molar-refractivity contribution >= 4 is 18.1 Å². The minimum absolute atomic E-state index is 0.192. The first-order chi connectivity index (χ1) is 9.76. The van der Waals surface area contributed by atoms with E-state index in [0.29, 0.717) is 6.42 Å². The van der Waals surface area contributed by atoms with Crippen molar-refractivity contribution in [3.8, 4) is 0 Å². The number of aryl methyl sites for hydroxylation is 1. The normalized spacial score (nSPS) is 18.8. The van der Waals surface area contributed by atoms with Crippen LogP contribution in [-0.2, 0) is 9.53 Å². The van der Waals surface area contributed by atoms with Crippen molar-refractivity contribution in [2.24, 2.45) is 0 Å². The lowest BCUT2D eigenvalue weighted by atomic mass is 10.0. The molecule has 2 amide bonds. The SMILES string of the molecule is Cc1cccc(C=CC2CC(=O)N2C(=O)OC(C)(C)C)c1. The third kappa shape index (κ3) is 3.94. The number of ether oxygens (including phenoxy) is 1. The number of hydrogen-bond donors (Lipinski definition) is 0. The Morgan fingerprint density at radius 2 is 2.10 bits per heavy atom. The first kappa shape index (κ1) is 15.3. The van der Waals surface area contributed by atoms with E-state index in [-0.39, 0.29) is 11.9 Å². The van der Waals surface area contributed by atoms with Gasteiger partial charge in [-0.2, -0.15) is 0 Å². The number of benzene rings is 1. The average Bonchev–Trinajstić information content (AvgIpc) is 2.31. The predicted molar refractivity (Wildman–Crippen MR) is 81.7 cm³/mol. The summed E-state index contributed by atoms with van der Waals surface area (Å²) in [6, 6.07) is 7.83. The molecule has 1 heterocycles. The second-order valence-electron chi connectivity index (χ2n) is 6.29. The van der Waals surface area contributed by atoms with Gasteiger partial charge < -0.3 is 4.74 Å². The summed E-state index contributed by atoms with van der Waals surface area (Å²) in [6.07, 6.45) is 3.58.